The summed E-state index contributed by atoms with van der Waals surface area (Å²) >= 11 is 0. The molecule has 0 atom stereocenters. The van der Waals surface area contributed by atoms with E-state index in [4.69, 9.17) is 20.4 Å². The van der Waals surface area contributed by atoms with Gasteiger partial charge in [-0.15, -0.1) is 0 Å². The number of hydrogen-bond donors (Lipinski definition) is 1. The van der Waals surface area contributed by atoms with E-state index in [9.17, 15) is 4.79 Å². The number of ether oxygens (including phenoxy) is 1. The number of aromatic nitrogens is 3. The molecule has 2 N–H and O–H groups in total. The minimum Gasteiger partial charge on any atom is -0.462 e. The van der Waals surface area contributed by atoms with Gasteiger partial charge in [-0.05, 0) is 43.0 Å². The van der Waals surface area contributed by atoms with E-state index in [0.717, 1.165) is 23.2 Å². The van der Waals surface area contributed by atoms with Crippen LogP contribution in [0.3, 0.4) is 0 Å². The van der Waals surface area contributed by atoms with Crippen molar-refractivity contribution in [2.24, 2.45) is 5.92 Å². The minimum atomic E-state index is -0.468. The molecule has 0 saturated carbocycles. The van der Waals surface area contributed by atoms with Crippen LogP contribution >= 0.6 is 0 Å². The van der Waals surface area contributed by atoms with Gasteiger partial charge in [0.1, 0.15) is 16.9 Å². The number of aryl methyl sites for hydroxylation is 1. The number of carbonyl (C=O) groups excluding carboxylic acids is 1. The fraction of sp³-hybridized carbons (Fsp3) is 0.261. The Labute approximate surface area is 169 Å². The number of benzene rings is 2. The summed E-state index contributed by atoms with van der Waals surface area (Å²) in [4.78, 5) is 22.4. The molecule has 0 fully saturated rings. The number of anilines is 1. The second kappa shape index (κ2) is 7.54. The van der Waals surface area contributed by atoms with Gasteiger partial charge < -0.3 is 10.5 Å². The molecule has 0 spiro atoms. The number of rotatable bonds is 5. The molecule has 0 aliphatic carbocycles. The smallest absolute Gasteiger partial charge is 0.344 e. The zero-order valence-corrected chi connectivity index (χ0v) is 16.8. The van der Waals surface area contributed by atoms with Gasteiger partial charge in [0, 0.05) is 0 Å². The van der Waals surface area contributed by atoms with Crippen molar-refractivity contribution in [2.45, 2.75) is 27.2 Å². The highest BCUT2D eigenvalue weighted by atomic mass is 16.5. The highest BCUT2D eigenvalue weighted by Gasteiger charge is 2.26. The van der Waals surface area contributed by atoms with Crippen molar-refractivity contribution in [3.8, 4) is 5.69 Å². The molecule has 2 heterocycles. The average molecular weight is 388 g/mol. The van der Waals surface area contributed by atoms with E-state index < -0.39 is 5.97 Å². The third kappa shape index (κ3) is 3.42. The largest absolute Gasteiger partial charge is 0.462 e. The molecule has 0 saturated heterocycles. The first-order chi connectivity index (χ1) is 14.0. The van der Waals surface area contributed by atoms with Gasteiger partial charge in [-0.25, -0.2) is 14.8 Å². The van der Waals surface area contributed by atoms with E-state index in [1.807, 2.05) is 55.5 Å². The highest BCUT2D eigenvalue weighted by Crippen LogP contribution is 2.32. The Kier molecular flexibility index (Phi) is 4.92. The monoisotopic (exact) mass is 388 g/mol. The molecule has 2 aromatic heterocycles. The molecule has 0 unspecified atom stereocenters. The molecule has 0 radical (unpaired) electrons. The van der Waals surface area contributed by atoms with Gasteiger partial charge in [-0.3, -0.25) is 4.57 Å². The van der Waals surface area contributed by atoms with Crippen LogP contribution in [0.4, 0.5) is 5.82 Å². The lowest BCUT2D eigenvalue weighted by Gasteiger charge is -2.11. The molecule has 4 rings (SSSR count). The lowest BCUT2D eigenvalue weighted by atomic mass is 10.1. The molecule has 0 amide bonds. The van der Waals surface area contributed by atoms with Crippen molar-refractivity contribution in [1.82, 2.24) is 14.5 Å². The van der Waals surface area contributed by atoms with Gasteiger partial charge in [0.2, 0.25) is 0 Å². The average Bonchev–Trinajstić information content (AvgIpc) is 2.97. The Morgan fingerprint density at radius 2 is 1.72 bits per heavy atom. The number of hydrogen-bond acceptors (Lipinski definition) is 5. The second-order valence-corrected chi connectivity index (χ2v) is 7.59. The molecule has 29 heavy (non-hydrogen) atoms. The third-order valence-electron chi connectivity index (χ3n) is 4.99. The maximum absolute atomic E-state index is 12.9. The van der Waals surface area contributed by atoms with Crippen LogP contribution in [0.2, 0.25) is 0 Å². The normalized spacial score (nSPS) is 11.4. The lowest BCUT2D eigenvalue weighted by molar-refractivity contribution is 0.0491. The van der Waals surface area contributed by atoms with Gasteiger partial charge in [0.15, 0.2) is 5.65 Å². The van der Waals surface area contributed by atoms with Crippen LogP contribution in [0.1, 0.15) is 36.2 Å². The molecular formula is C23H24N4O2. The topological polar surface area (TPSA) is 83.0 Å². The standard InChI is InChI=1S/C23H24N4O2/c1-14(2)12-13-29-23(28)19-20-22(26-17-10-6-5-9-16(17)25-20)27(21(19)24)18-11-7-4-8-15(18)3/h4-11,14H,12-13,24H2,1-3H3. The molecule has 0 bridgehead atoms. The third-order valence-corrected chi connectivity index (χ3v) is 4.99. The quantitative estimate of drug-likeness (QED) is 0.503. The summed E-state index contributed by atoms with van der Waals surface area (Å²) in [5.41, 5.74) is 11.1. The van der Waals surface area contributed by atoms with Crippen LogP contribution in [-0.4, -0.2) is 27.1 Å². The Bertz CT molecular complexity index is 1210. The Morgan fingerprint density at radius 3 is 2.41 bits per heavy atom. The van der Waals surface area contributed by atoms with Crippen molar-refractivity contribution in [1.29, 1.82) is 0 Å². The van der Waals surface area contributed by atoms with Gasteiger partial charge in [0.05, 0.1) is 23.3 Å². The number of nitrogens with zero attached hydrogens (tertiary/aromatic N) is 3. The molecule has 0 aliphatic heterocycles. The van der Waals surface area contributed by atoms with Crippen LogP contribution < -0.4 is 5.73 Å². The number of fused-ring (bicyclic) bond motifs is 2. The van der Waals surface area contributed by atoms with Crippen LogP contribution in [0.5, 0.6) is 0 Å². The number of para-hydroxylation sites is 3. The Hall–Kier alpha value is -3.41. The van der Waals surface area contributed by atoms with Crippen molar-refractivity contribution >= 4 is 34.0 Å². The summed E-state index contributed by atoms with van der Waals surface area (Å²) in [7, 11) is 0. The van der Waals surface area contributed by atoms with Crippen LogP contribution in [0.25, 0.3) is 27.9 Å². The van der Waals surface area contributed by atoms with Crippen molar-refractivity contribution in [2.75, 3.05) is 12.3 Å². The van der Waals surface area contributed by atoms with Crippen molar-refractivity contribution in [3.05, 3.63) is 59.7 Å². The zero-order chi connectivity index (χ0) is 20.5. The van der Waals surface area contributed by atoms with E-state index >= 15 is 0 Å². The van der Waals surface area contributed by atoms with Gasteiger partial charge >= 0.3 is 5.97 Å². The van der Waals surface area contributed by atoms with E-state index in [1.54, 1.807) is 4.57 Å². The first-order valence-corrected chi connectivity index (χ1v) is 9.77. The molecule has 0 aliphatic rings. The molecule has 4 aromatic rings. The lowest BCUT2D eigenvalue weighted by Crippen LogP contribution is -2.11. The molecular weight excluding hydrogens is 364 g/mol. The van der Waals surface area contributed by atoms with Gasteiger partial charge in [-0.2, -0.15) is 0 Å². The summed E-state index contributed by atoms with van der Waals surface area (Å²) in [6.07, 6.45) is 0.788. The van der Waals surface area contributed by atoms with E-state index in [-0.39, 0.29) is 5.56 Å². The number of carbonyl (C=O) groups is 1. The first-order valence-electron chi connectivity index (χ1n) is 9.77. The number of esters is 1. The Balaban J connectivity index is 1.95. The number of nitrogens with two attached hydrogens (primary N) is 1. The predicted molar refractivity (Wildman–Crippen MR) is 115 cm³/mol. The SMILES string of the molecule is Cc1ccccc1-n1c(N)c(C(=O)OCCC(C)C)c2nc3ccccc3nc21. The summed E-state index contributed by atoms with van der Waals surface area (Å²) in [6.45, 7) is 6.51. The van der Waals surface area contributed by atoms with Crippen molar-refractivity contribution < 1.29 is 9.53 Å². The summed E-state index contributed by atoms with van der Waals surface area (Å²) in [6, 6.07) is 15.4. The van der Waals surface area contributed by atoms with E-state index in [2.05, 4.69) is 13.8 Å². The molecule has 2 aromatic carbocycles. The van der Waals surface area contributed by atoms with Gasteiger partial charge in [-0.1, -0.05) is 44.2 Å². The maximum Gasteiger partial charge on any atom is 0.344 e. The molecule has 6 nitrogen and oxygen atoms in total. The van der Waals surface area contributed by atoms with Crippen LogP contribution in [0, 0.1) is 12.8 Å². The molecule has 148 valence electrons. The number of nitrogen functional groups attached to an aromatic ring is 1. The fourth-order valence-corrected chi connectivity index (χ4v) is 3.38. The fourth-order valence-electron chi connectivity index (χ4n) is 3.38. The summed E-state index contributed by atoms with van der Waals surface area (Å²) in [5.74, 6) is 0.265. The Morgan fingerprint density at radius 1 is 1.07 bits per heavy atom. The van der Waals surface area contributed by atoms with E-state index in [1.165, 1.54) is 0 Å². The van der Waals surface area contributed by atoms with E-state index in [0.29, 0.717) is 35.0 Å². The second-order valence-electron chi connectivity index (χ2n) is 7.59. The minimum absolute atomic E-state index is 0.269. The zero-order valence-electron chi connectivity index (χ0n) is 16.8. The maximum atomic E-state index is 12.9. The summed E-state index contributed by atoms with van der Waals surface area (Å²) in [5, 5.41) is 0. The molecule has 6 heteroatoms. The predicted octanol–water partition coefficient (Wildman–Crippen LogP) is 4.67. The van der Waals surface area contributed by atoms with Crippen LogP contribution in [-0.2, 0) is 4.74 Å². The van der Waals surface area contributed by atoms with Crippen molar-refractivity contribution in [3.63, 3.8) is 0 Å². The first kappa shape index (κ1) is 18.9. The summed E-state index contributed by atoms with van der Waals surface area (Å²) < 4.78 is 7.31. The van der Waals surface area contributed by atoms with Gasteiger partial charge in [0.25, 0.3) is 0 Å². The van der Waals surface area contributed by atoms with Crippen LogP contribution in [0.15, 0.2) is 48.5 Å². The highest BCUT2D eigenvalue weighted by molar-refractivity contribution is 6.09.